The van der Waals surface area contributed by atoms with Crippen molar-refractivity contribution in [2.75, 3.05) is 4.72 Å². The van der Waals surface area contributed by atoms with Gasteiger partial charge in [-0.05, 0) is 41.6 Å². The van der Waals surface area contributed by atoms with E-state index in [0.717, 1.165) is 17.7 Å². The lowest BCUT2D eigenvalue weighted by Gasteiger charge is -2.12. The van der Waals surface area contributed by atoms with Gasteiger partial charge in [-0.2, -0.15) is 0 Å². The van der Waals surface area contributed by atoms with Crippen molar-refractivity contribution in [1.29, 1.82) is 0 Å². The standard InChI is InChI=1S/C14H11IN2O6S/c1-8-2-4-10(5-3-8)24(22,23)16-13-11(14(18)19)6-9(17(20)21)7-12(13)15/h2-7,16H,1H3,(H,18,19). The number of carboxylic acid groups (broad SMARTS) is 1. The molecule has 0 radical (unpaired) electrons. The molecule has 0 aliphatic rings. The van der Waals surface area contributed by atoms with Crippen LogP contribution in [0.15, 0.2) is 41.3 Å². The summed E-state index contributed by atoms with van der Waals surface area (Å²) in [6.45, 7) is 1.80. The molecule has 2 aromatic rings. The fraction of sp³-hybridized carbons (Fsp3) is 0.0714. The van der Waals surface area contributed by atoms with Crippen molar-refractivity contribution in [1.82, 2.24) is 0 Å². The van der Waals surface area contributed by atoms with Crippen molar-refractivity contribution in [2.24, 2.45) is 0 Å². The Morgan fingerprint density at radius 2 is 1.83 bits per heavy atom. The summed E-state index contributed by atoms with van der Waals surface area (Å²) in [5.41, 5.74) is -0.279. The van der Waals surface area contributed by atoms with E-state index in [9.17, 15) is 28.4 Å². The average molecular weight is 462 g/mol. The fourth-order valence-corrected chi connectivity index (χ4v) is 3.91. The zero-order chi connectivity index (χ0) is 18.1. The van der Waals surface area contributed by atoms with E-state index >= 15 is 0 Å². The average Bonchev–Trinajstić information content (AvgIpc) is 2.48. The monoisotopic (exact) mass is 462 g/mol. The SMILES string of the molecule is Cc1ccc(S(=O)(=O)Nc2c(I)cc([N+](=O)[O-])cc2C(=O)O)cc1. The molecule has 0 heterocycles. The minimum absolute atomic E-state index is 0.0430. The Morgan fingerprint density at radius 3 is 2.33 bits per heavy atom. The highest BCUT2D eigenvalue weighted by molar-refractivity contribution is 14.1. The van der Waals surface area contributed by atoms with Crippen LogP contribution in [0.1, 0.15) is 15.9 Å². The number of halogens is 1. The molecule has 10 heteroatoms. The van der Waals surface area contributed by atoms with Gasteiger partial charge in [0.1, 0.15) is 0 Å². The van der Waals surface area contributed by atoms with Crippen molar-refractivity contribution >= 4 is 50.0 Å². The lowest BCUT2D eigenvalue weighted by atomic mass is 10.1. The predicted molar refractivity (Wildman–Crippen MR) is 94.8 cm³/mol. The summed E-state index contributed by atoms with van der Waals surface area (Å²) in [6.07, 6.45) is 0. The first-order valence-electron chi connectivity index (χ1n) is 6.42. The molecule has 8 nitrogen and oxygen atoms in total. The van der Waals surface area contributed by atoms with Gasteiger partial charge in [0.2, 0.25) is 0 Å². The van der Waals surface area contributed by atoms with E-state index in [1.54, 1.807) is 41.6 Å². The lowest BCUT2D eigenvalue weighted by molar-refractivity contribution is -0.385. The summed E-state index contributed by atoms with van der Waals surface area (Å²) in [4.78, 5) is 21.4. The van der Waals surface area contributed by atoms with Crippen molar-refractivity contribution in [3.63, 3.8) is 0 Å². The zero-order valence-corrected chi connectivity index (χ0v) is 15.2. The summed E-state index contributed by atoms with van der Waals surface area (Å²) >= 11 is 1.65. The van der Waals surface area contributed by atoms with Crippen LogP contribution in [-0.2, 0) is 10.0 Å². The Kier molecular flexibility index (Phi) is 5.08. The molecule has 2 N–H and O–H groups in total. The van der Waals surface area contributed by atoms with Crippen LogP contribution in [0.2, 0.25) is 0 Å². The first-order valence-corrected chi connectivity index (χ1v) is 8.99. The molecule has 0 unspecified atom stereocenters. The molecule has 0 aliphatic heterocycles. The third-order valence-corrected chi connectivity index (χ3v) is 5.30. The van der Waals surface area contributed by atoms with Gasteiger partial charge in [-0.1, -0.05) is 17.7 Å². The maximum absolute atomic E-state index is 12.4. The fourth-order valence-electron chi connectivity index (χ4n) is 1.88. The number of benzene rings is 2. The van der Waals surface area contributed by atoms with Gasteiger partial charge in [0, 0.05) is 15.7 Å². The van der Waals surface area contributed by atoms with Gasteiger partial charge in [0.25, 0.3) is 15.7 Å². The molecular weight excluding hydrogens is 451 g/mol. The molecule has 126 valence electrons. The number of non-ortho nitro benzene ring substituents is 1. The molecule has 0 spiro atoms. The van der Waals surface area contributed by atoms with Gasteiger partial charge in [-0.3, -0.25) is 14.8 Å². The minimum Gasteiger partial charge on any atom is -0.478 e. The van der Waals surface area contributed by atoms with Crippen molar-refractivity contribution < 1.29 is 23.2 Å². The van der Waals surface area contributed by atoms with Crippen LogP contribution in [0, 0.1) is 20.6 Å². The third kappa shape index (κ3) is 3.82. The minimum atomic E-state index is -4.03. The molecule has 2 rings (SSSR count). The highest BCUT2D eigenvalue weighted by Crippen LogP contribution is 2.30. The van der Waals surface area contributed by atoms with Crippen LogP contribution in [-0.4, -0.2) is 24.4 Å². The highest BCUT2D eigenvalue weighted by Gasteiger charge is 2.24. The van der Waals surface area contributed by atoms with Crippen molar-refractivity contribution in [3.8, 4) is 0 Å². The maximum Gasteiger partial charge on any atom is 0.338 e. The highest BCUT2D eigenvalue weighted by atomic mass is 127. The van der Waals surface area contributed by atoms with E-state index in [2.05, 4.69) is 4.72 Å². The molecule has 0 fully saturated rings. The molecule has 2 aromatic carbocycles. The van der Waals surface area contributed by atoms with E-state index in [0.29, 0.717) is 0 Å². The summed E-state index contributed by atoms with van der Waals surface area (Å²) in [5.74, 6) is -1.47. The number of rotatable bonds is 5. The first kappa shape index (κ1) is 18.1. The molecular formula is C14H11IN2O6S. The van der Waals surface area contributed by atoms with Crippen LogP contribution >= 0.6 is 22.6 Å². The molecule has 0 bridgehead atoms. The van der Waals surface area contributed by atoms with Gasteiger partial charge in [-0.25, -0.2) is 13.2 Å². The van der Waals surface area contributed by atoms with E-state index in [-0.39, 0.29) is 14.2 Å². The Balaban J connectivity index is 2.54. The smallest absolute Gasteiger partial charge is 0.338 e. The number of nitro groups is 1. The number of sulfonamides is 1. The number of hydrogen-bond donors (Lipinski definition) is 2. The summed E-state index contributed by atoms with van der Waals surface area (Å²) in [7, 11) is -4.03. The summed E-state index contributed by atoms with van der Waals surface area (Å²) < 4.78 is 27.1. The molecule has 0 saturated heterocycles. The van der Waals surface area contributed by atoms with E-state index in [4.69, 9.17) is 0 Å². The Bertz CT molecular complexity index is 925. The Labute approximate surface area is 150 Å². The number of nitro benzene ring substituents is 1. The van der Waals surface area contributed by atoms with Crippen molar-refractivity contribution in [2.45, 2.75) is 11.8 Å². The number of aryl methyl sites for hydroxylation is 1. The molecule has 24 heavy (non-hydrogen) atoms. The van der Waals surface area contributed by atoms with Crippen LogP contribution < -0.4 is 4.72 Å². The normalized spacial score (nSPS) is 11.1. The molecule has 0 aliphatic carbocycles. The van der Waals surface area contributed by atoms with Gasteiger partial charge in [-0.15, -0.1) is 0 Å². The molecule has 0 atom stereocenters. The lowest BCUT2D eigenvalue weighted by Crippen LogP contribution is -2.17. The number of carboxylic acids is 1. The summed E-state index contributed by atoms with van der Waals surface area (Å²) in [6, 6.07) is 7.89. The largest absolute Gasteiger partial charge is 0.478 e. The number of nitrogens with one attached hydrogen (secondary N) is 1. The quantitative estimate of drug-likeness (QED) is 0.400. The van der Waals surface area contributed by atoms with Crippen LogP contribution in [0.25, 0.3) is 0 Å². The van der Waals surface area contributed by atoms with Gasteiger partial charge < -0.3 is 5.11 Å². The van der Waals surface area contributed by atoms with Gasteiger partial charge in [0.15, 0.2) is 0 Å². The second-order valence-electron chi connectivity index (χ2n) is 4.83. The number of carbonyl (C=O) groups is 1. The van der Waals surface area contributed by atoms with Gasteiger partial charge >= 0.3 is 5.97 Å². The second-order valence-corrected chi connectivity index (χ2v) is 7.68. The van der Waals surface area contributed by atoms with Gasteiger partial charge in [0.05, 0.1) is 21.1 Å². The van der Waals surface area contributed by atoms with E-state index in [1.165, 1.54) is 12.1 Å². The Hall–Kier alpha value is -2.21. The number of nitrogens with zero attached hydrogens (tertiary/aromatic N) is 1. The maximum atomic E-state index is 12.4. The zero-order valence-electron chi connectivity index (χ0n) is 12.2. The third-order valence-electron chi connectivity index (χ3n) is 3.08. The predicted octanol–water partition coefficient (Wildman–Crippen LogP) is 3.01. The van der Waals surface area contributed by atoms with E-state index < -0.39 is 32.2 Å². The van der Waals surface area contributed by atoms with E-state index in [1.807, 2.05) is 0 Å². The second kappa shape index (κ2) is 6.73. The first-order chi connectivity index (χ1) is 11.1. The Morgan fingerprint density at radius 1 is 1.25 bits per heavy atom. The van der Waals surface area contributed by atoms with Crippen LogP contribution in [0.5, 0.6) is 0 Å². The molecule has 0 amide bonds. The number of anilines is 1. The molecule has 0 saturated carbocycles. The number of hydrogen-bond acceptors (Lipinski definition) is 5. The van der Waals surface area contributed by atoms with Crippen LogP contribution in [0.3, 0.4) is 0 Å². The molecule has 0 aromatic heterocycles. The summed E-state index contributed by atoms with van der Waals surface area (Å²) in [5, 5.41) is 20.1. The topological polar surface area (TPSA) is 127 Å². The van der Waals surface area contributed by atoms with Crippen LogP contribution in [0.4, 0.5) is 11.4 Å². The van der Waals surface area contributed by atoms with Crippen molar-refractivity contribution in [3.05, 3.63) is 61.2 Å². The number of aromatic carboxylic acids is 1.